The molecule has 0 unspecified atom stereocenters. The molecule has 0 fully saturated rings. The summed E-state index contributed by atoms with van der Waals surface area (Å²) in [6, 6.07) is 9.26. The summed E-state index contributed by atoms with van der Waals surface area (Å²) in [6.07, 6.45) is 3.58. The Morgan fingerprint density at radius 3 is 2.38 bits per heavy atom. The van der Waals surface area contributed by atoms with Gasteiger partial charge >= 0.3 is 0 Å². The Morgan fingerprint density at radius 2 is 1.71 bits per heavy atom. The maximum atomic E-state index is 13.7. The first kappa shape index (κ1) is 13.9. The molecule has 1 aliphatic rings. The fraction of sp³-hybridized carbons (Fsp3) is 0.222. The van der Waals surface area contributed by atoms with Gasteiger partial charge in [-0.2, -0.15) is 0 Å². The molecule has 2 aromatic rings. The average Bonchev–Trinajstić information content (AvgIpc) is 2.52. The highest BCUT2D eigenvalue weighted by atomic mass is 19.2. The lowest BCUT2D eigenvalue weighted by Gasteiger charge is -2.18. The van der Waals surface area contributed by atoms with Crippen LogP contribution in [0.15, 0.2) is 36.4 Å². The summed E-state index contributed by atoms with van der Waals surface area (Å²) in [4.78, 5) is 0. The van der Waals surface area contributed by atoms with Gasteiger partial charge in [-0.3, -0.25) is 0 Å². The average molecular weight is 288 g/mol. The van der Waals surface area contributed by atoms with E-state index in [9.17, 15) is 13.2 Å². The number of fused-ring (bicyclic) bond motifs is 1. The molecule has 0 aliphatic heterocycles. The maximum Gasteiger partial charge on any atom is 0.194 e. The molecule has 0 amide bonds. The number of benzene rings is 2. The molecule has 108 valence electrons. The van der Waals surface area contributed by atoms with E-state index in [-0.39, 0.29) is 5.56 Å². The second-order valence-corrected chi connectivity index (χ2v) is 5.28. The summed E-state index contributed by atoms with van der Waals surface area (Å²) in [5, 5.41) is 0. The lowest BCUT2D eigenvalue weighted by molar-refractivity contribution is 0.440. The first-order valence-corrected chi connectivity index (χ1v) is 7.03. The van der Waals surface area contributed by atoms with Crippen LogP contribution in [0, 0.1) is 17.5 Å². The van der Waals surface area contributed by atoms with E-state index in [1.54, 1.807) is 0 Å². The number of allylic oxidation sites excluding steroid dienone is 2. The SMILES string of the molecule is CCc1ccc(C2=CCc3c(cc(F)c(F)c3F)C2)cc1. The van der Waals surface area contributed by atoms with E-state index < -0.39 is 17.5 Å². The van der Waals surface area contributed by atoms with Crippen molar-refractivity contribution in [2.45, 2.75) is 26.2 Å². The Hall–Kier alpha value is -2.03. The van der Waals surface area contributed by atoms with Gasteiger partial charge in [-0.1, -0.05) is 37.3 Å². The Labute approximate surface area is 121 Å². The molecule has 0 heterocycles. The molecule has 0 atom stereocenters. The molecule has 0 bridgehead atoms. The van der Waals surface area contributed by atoms with Crippen LogP contribution in [0.4, 0.5) is 13.2 Å². The van der Waals surface area contributed by atoms with E-state index in [2.05, 4.69) is 19.1 Å². The van der Waals surface area contributed by atoms with Crippen LogP contribution in [0.5, 0.6) is 0 Å². The first-order chi connectivity index (χ1) is 10.1. The molecule has 2 aromatic carbocycles. The van der Waals surface area contributed by atoms with Crippen LogP contribution in [0.2, 0.25) is 0 Å². The second-order valence-electron chi connectivity index (χ2n) is 5.28. The van der Waals surface area contributed by atoms with E-state index in [0.29, 0.717) is 18.4 Å². The van der Waals surface area contributed by atoms with Crippen molar-refractivity contribution in [1.29, 1.82) is 0 Å². The van der Waals surface area contributed by atoms with Crippen LogP contribution in [0.1, 0.15) is 29.2 Å². The number of hydrogen-bond acceptors (Lipinski definition) is 0. The lowest BCUT2D eigenvalue weighted by Crippen LogP contribution is -2.08. The monoisotopic (exact) mass is 288 g/mol. The number of halogens is 3. The van der Waals surface area contributed by atoms with Gasteiger partial charge in [0.15, 0.2) is 17.5 Å². The normalized spacial score (nSPS) is 13.8. The van der Waals surface area contributed by atoms with Gasteiger partial charge in [-0.05, 0) is 53.2 Å². The second kappa shape index (κ2) is 5.40. The van der Waals surface area contributed by atoms with Gasteiger partial charge in [-0.15, -0.1) is 0 Å². The van der Waals surface area contributed by atoms with Gasteiger partial charge in [0.1, 0.15) is 0 Å². The quantitative estimate of drug-likeness (QED) is 0.693. The van der Waals surface area contributed by atoms with E-state index in [4.69, 9.17) is 0 Å². The first-order valence-electron chi connectivity index (χ1n) is 7.03. The van der Waals surface area contributed by atoms with Crippen LogP contribution < -0.4 is 0 Å². The minimum atomic E-state index is -1.38. The molecule has 0 saturated heterocycles. The van der Waals surface area contributed by atoms with E-state index in [1.165, 1.54) is 5.56 Å². The number of hydrogen-bond donors (Lipinski definition) is 0. The third-order valence-electron chi connectivity index (χ3n) is 4.02. The molecule has 0 aromatic heterocycles. The molecule has 0 N–H and O–H groups in total. The summed E-state index contributed by atoms with van der Waals surface area (Å²) in [5.74, 6) is -3.55. The molecular weight excluding hydrogens is 273 g/mol. The zero-order valence-corrected chi connectivity index (χ0v) is 11.7. The van der Waals surface area contributed by atoms with Crippen LogP contribution in [-0.4, -0.2) is 0 Å². The molecule has 1 aliphatic carbocycles. The summed E-state index contributed by atoms with van der Waals surface area (Å²) in [7, 11) is 0. The van der Waals surface area contributed by atoms with E-state index >= 15 is 0 Å². The lowest BCUT2D eigenvalue weighted by atomic mass is 9.87. The van der Waals surface area contributed by atoms with Crippen molar-refractivity contribution in [2.24, 2.45) is 0 Å². The minimum Gasteiger partial charge on any atom is -0.204 e. The molecule has 0 radical (unpaired) electrons. The third-order valence-corrected chi connectivity index (χ3v) is 4.02. The predicted octanol–water partition coefficient (Wildman–Crippen LogP) is 4.85. The van der Waals surface area contributed by atoms with Crippen molar-refractivity contribution in [3.05, 3.63) is 76.1 Å². The van der Waals surface area contributed by atoms with Crippen LogP contribution in [-0.2, 0) is 19.3 Å². The van der Waals surface area contributed by atoms with Crippen LogP contribution in [0.3, 0.4) is 0 Å². The Morgan fingerprint density at radius 1 is 1.00 bits per heavy atom. The highest BCUT2D eigenvalue weighted by Crippen LogP contribution is 2.31. The fourth-order valence-corrected chi connectivity index (χ4v) is 2.74. The fourth-order valence-electron chi connectivity index (χ4n) is 2.74. The summed E-state index contributed by atoms with van der Waals surface area (Å²) >= 11 is 0. The van der Waals surface area contributed by atoms with Gasteiger partial charge < -0.3 is 0 Å². The third kappa shape index (κ3) is 2.48. The summed E-state index contributed by atoms with van der Waals surface area (Å²) in [6.45, 7) is 2.09. The zero-order valence-electron chi connectivity index (χ0n) is 11.7. The molecule has 3 heteroatoms. The largest absolute Gasteiger partial charge is 0.204 e. The van der Waals surface area contributed by atoms with Crippen LogP contribution >= 0.6 is 0 Å². The van der Waals surface area contributed by atoms with Gasteiger partial charge in [0, 0.05) is 0 Å². The predicted molar refractivity (Wildman–Crippen MR) is 77.5 cm³/mol. The number of aryl methyl sites for hydroxylation is 1. The molecule has 0 saturated carbocycles. The highest BCUT2D eigenvalue weighted by molar-refractivity contribution is 5.70. The summed E-state index contributed by atoms with van der Waals surface area (Å²) in [5.41, 5.74) is 4.11. The van der Waals surface area contributed by atoms with Crippen molar-refractivity contribution in [1.82, 2.24) is 0 Å². The Kier molecular flexibility index (Phi) is 3.58. The van der Waals surface area contributed by atoms with Crippen molar-refractivity contribution in [2.75, 3.05) is 0 Å². The molecule has 21 heavy (non-hydrogen) atoms. The Bertz CT molecular complexity index is 712. The summed E-state index contributed by atoms with van der Waals surface area (Å²) < 4.78 is 40.3. The van der Waals surface area contributed by atoms with Gasteiger partial charge in [-0.25, -0.2) is 13.2 Å². The maximum absolute atomic E-state index is 13.7. The zero-order chi connectivity index (χ0) is 15.0. The van der Waals surface area contributed by atoms with Crippen molar-refractivity contribution < 1.29 is 13.2 Å². The van der Waals surface area contributed by atoms with Crippen LogP contribution in [0.25, 0.3) is 5.57 Å². The minimum absolute atomic E-state index is 0.267. The van der Waals surface area contributed by atoms with Crippen molar-refractivity contribution in [3.8, 4) is 0 Å². The van der Waals surface area contributed by atoms with Gasteiger partial charge in [0.2, 0.25) is 0 Å². The van der Waals surface area contributed by atoms with Gasteiger partial charge in [0.25, 0.3) is 0 Å². The number of rotatable bonds is 2. The molecule has 3 rings (SSSR count). The standard InChI is InChI=1S/C18H15F3/c1-2-11-3-5-12(6-4-11)13-7-8-15-14(9-13)10-16(19)18(21)17(15)20/h3-7,10H,2,8-9H2,1H3. The molecular formula is C18H15F3. The topological polar surface area (TPSA) is 0 Å². The molecule has 0 spiro atoms. The molecule has 0 nitrogen and oxygen atoms in total. The highest BCUT2D eigenvalue weighted by Gasteiger charge is 2.21. The van der Waals surface area contributed by atoms with Gasteiger partial charge in [0.05, 0.1) is 0 Å². The van der Waals surface area contributed by atoms with Crippen molar-refractivity contribution in [3.63, 3.8) is 0 Å². The van der Waals surface area contributed by atoms with E-state index in [1.807, 2.05) is 18.2 Å². The van der Waals surface area contributed by atoms with Crippen molar-refractivity contribution >= 4 is 5.57 Å². The van der Waals surface area contributed by atoms with E-state index in [0.717, 1.165) is 23.6 Å². The Balaban J connectivity index is 1.95. The smallest absolute Gasteiger partial charge is 0.194 e.